The molecule has 2 rings (SSSR count). The van der Waals surface area contributed by atoms with E-state index in [1.165, 1.54) is 22.2 Å². The third kappa shape index (κ3) is 6.63. The van der Waals surface area contributed by atoms with Gasteiger partial charge in [0.05, 0.1) is 26.4 Å². The Labute approximate surface area is 173 Å². The summed E-state index contributed by atoms with van der Waals surface area (Å²) in [5, 5.41) is 12.7. The van der Waals surface area contributed by atoms with E-state index in [1.807, 2.05) is 18.2 Å². The molecule has 0 bridgehead atoms. The molecule has 2 aromatic rings. The Kier molecular flexibility index (Phi) is 8.99. The van der Waals surface area contributed by atoms with Crippen molar-refractivity contribution in [2.75, 3.05) is 26.4 Å². The Morgan fingerprint density at radius 3 is 2.54 bits per heavy atom. The molecule has 1 aromatic heterocycles. The molecule has 1 amide bonds. The standard InChI is InChI=1S/C21H33N5OS/c1-6-18(25(4)5)20-23-24-21(26(20)14-17-10-8-7-9-11-17)28-15-19(27)22-13-12-16(2)3/h7-11,16,18H,6,12-15H2,1-5H3,(H,22,27)/p+1/t18-/m1/s1. The van der Waals surface area contributed by atoms with Crippen LogP contribution in [0.5, 0.6) is 0 Å². The number of amides is 1. The number of aromatic nitrogens is 3. The van der Waals surface area contributed by atoms with Crippen molar-refractivity contribution in [1.82, 2.24) is 20.1 Å². The third-order valence-electron chi connectivity index (χ3n) is 4.72. The fourth-order valence-electron chi connectivity index (χ4n) is 3.11. The summed E-state index contributed by atoms with van der Waals surface area (Å²) in [6.07, 6.45) is 1.98. The van der Waals surface area contributed by atoms with Crippen molar-refractivity contribution in [3.05, 3.63) is 41.7 Å². The van der Waals surface area contributed by atoms with Gasteiger partial charge in [-0.2, -0.15) is 0 Å². The third-order valence-corrected chi connectivity index (χ3v) is 5.69. The predicted molar refractivity (Wildman–Crippen MR) is 115 cm³/mol. The van der Waals surface area contributed by atoms with Crippen molar-refractivity contribution >= 4 is 17.7 Å². The molecule has 0 aliphatic carbocycles. The summed E-state index contributed by atoms with van der Waals surface area (Å²) >= 11 is 1.46. The van der Waals surface area contributed by atoms with Gasteiger partial charge in [-0.05, 0) is 17.9 Å². The SMILES string of the molecule is CC[C@H](c1nnc(SCC(=O)NCCC(C)C)n1Cc1ccccc1)[NH+](C)C. The van der Waals surface area contributed by atoms with Crippen LogP contribution in [-0.4, -0.2) is 47.1 Å². The lowest BCUT2D eigenvalue weighted by Crippen LogP contribution is -3.06. The number of rotatable bonds is 11. The zero-order valence-electron chi connectivity index (χ0n) is 17.7. The van der Waals surface area contributed by atoms with Crippen LogP contribution in [0.3, 0.4) is 0 Å². The minimum Gasteiger partial charge on any atom is -0.355 e. The first-order valence-electron chi connectivity index (χ1n) is 10.1. The van der Waals surface area contributed by atoms with E-state index in [1.54, 1.807) is 0 Å². The van der Waals surface area contributed by atoms with E-state index in [0.717, 1.165) is 30.4 Å². The number of nitrogens with one attached hydrogen (secondary N) is 2. The maximum atomic E-state index is 12.2. The van der Waals surface area contributed by atoms with Crippen LogP contribution < -0.4 is 10.2 Å². The van der Waals surface area contributed by atoms with Crippen molar-refractivity contribution in [2.24, 2.45) is 5.92 Å². The van der Waals surface area contributed by atoms with E-state index in [-0.39, 0.29) is 11.9 Å². The predicted octanol–water partition coefficient (Wildman–Crippen LogP) is 2.18. The molecule has 0 saturated carbocycles. The summed E-state index contributed by atoms with van der Waals surface area (Å²) in [7, 11) is 4.29. The summed E-state index contributed by atoms with van der Waals surface area (Å²) in [5.74, 6) is 1.97. The largest absolute Gasteiger partial charge is 0.355 e. The van der Waals surface area contributed by atoms with Crippen LogP contribution in [0, 0.1) is 5.92 Å². The van der Waals surface area contributed by atoms with Crippen molar-refractivity contribution < 1.29 is 9.69 Å². The van der Waals surface area contributed by atoms with Gasteiger partial charge in [-0.3, -0.25) is 9.36 Å². The molecule has 2 N–H and O–H groups in total. The first-order valence-corrected chi connectivity index (χ1v) is 11.1. The molecule has 154 valence electrons. The number of nitrogens with zero attached hydrogens (tertiary/aromatic N) is 3. The second-order valence-electron chi connectivity index (χ2n) is 7.77. The van der Waals surface area contributed by atoms with Gasteiger partial charge < -0.3 is 10.2 Å². The lowest BCUT2D eigenvalue weighted by molar-refractivity contribution is -0.893. The van der Waals surface area contributed by atoms with E-state index in [4.69, 9.17) is 0 Å². The minimum absolute atomic E-state index is 0.0479. The molecule has 7 heteroatoms. The molecule has 0 unspecified atom stereocenters. The molecule has 0 saturated heterocycles. The van der Waals surface area contributed by atoms with Crippen LogP contribution in [-0.2, 0) is 11.3 Å². The highest BCUT2D eigenvalue weighted by Gasteiger charge is 2.25. The van der Waals surface area contributed by atoms with E-state index in [9.17, 15) is 4.79 Å². The Hall–Kier alpha value is -1.86. The molecule has 1 heterocycles. The van der Waals surface area contributed by atoms with Gasteiger partial charge in [0.25, 0.3) is 0 Å². The number of hydrogen-bond donors (Lipinski definition) is 2. The molecule has 0 aliphatic heterocycles. The van der Waals surface area contributed by atoms with E-state index >= 15 is 0 Å². The zero-order valence-corrected chi connectivity index (χ0v) is 18.6. The van der Waals surface area contributed by atoms with Crippen LogP contribution in [0.15, 0.2) is 35.5 Å². The lowest BCUT2D eigenvalue weighted by Gasteiger charge is -2.20. The summed E-state index contributed by atoms with van der Waals surface area (Å²) < 4.78 is 2.17. The maximum absolute atomic E-state index is 12.2. The fourth-order valence-corrected chi connectivity index (χ4v) is 3.88. The van der Waals surface area contributed by atoms with Gasteiger partial charge in [0.1, 0.15) is 6.04 Å². The maximum Gasteiger partial charge on any atom is 0.230 e. The fraction of sp³-hybridized carbons (Fsp3) is 0.571. The average molecular weight is 405 g/mol. The Balaban J connectivity index is 2.14. The van der Waals surface area contributed by atoms with Gasteiger partial charge in [-0.1, -0.05) is 62.9 Å². The first kappa shape index (κ1) is 22.4. The number of thioether (sulfide) groups is 1. The molecule has 1 atom stereocenters. The molecular formula is C21H34N5OS+. The smallest absolute Gasteiger partial charge is 0.230 e. The highest BCUT2D eigenvalue weighted by atomic mass is 32.2. The highest BCUT2D eigenvalue weighted by Crippen LogP contribution is 2.22. The molecule has 0 radical (unpaired) electrons. The van der Waals surface area contributed by atoms with Gasteiger partial charge in [0, 0.05) is 13.0 Å². The molecule has 0 aliphatic rings. The molecule has 0 spiro atoms. The van der Waals surface area contributed by atoms with Gasteiger partial charge in [-0.25, -0.2) is 0 Å². The average Bonchev–Trinajstić information content (AvgIpc) is 3.03. The minimum atomic E-state index is 0.0479. The second kappa shape index (κ2) is 11.2. The number of carbonyl (C=O) groups is 1. The van der Waals surface area contributed by atoms with Crippen molar-refractivity contribution in [3.8, 4) is 0 Å². The van der Waals surface area contributed by atoms with Crippen LogP contribution in [0.25, 0.3) is 0 Å². The molecular weight excluding hydrogens is 370 g/mol. The quantitative estimate of drug-likeness (QED) is 0.564. The topological polar surface area (TPSA) is 64.2 Å². The van der Waals surface area contributed by atoms with Crippen molar-refractivity contribution in [2.45, 2.75) is 51.4 Å². The van der Waals surface area contributed by atoms with Gasteiger partial charge in [0.2, 0.25) is 5.91 Å². The zero-order chi connectivity index (χ0) is 20.5. The monoisotopic (exact) mass is 404 g/mol. The van der Waals surface area contributed by atoms with E-state index in [0.29, 0.717) is 18.2 Å². The van der Waals surface area contributed by atoms with Crippen molar-refractivity contribution in [1.29, 1.82) is 0 Å². The summed E-state index contributed by atoms with van der Waals surface area (Å²) in [6.45, 7) is 7.93. The van der Waals surface area contributed by atoms with Crippen molar-refractivity contribution in [3.63, 3.8) is 0 Å². The first-order chi connectivity index (χ1) is 13.4. The van der Waals surface area contributed by atoms with Crippen LogP contribution in [0.1, 0.15) is 51.0 Å². The molecule has 1 aromatic carbocycles. The number of benzene rings is 1. The van der Waals surface area contributed by atoms with E-state index < -0.39 is 0 Å². The number of carbonyl (C=O) groups excluding carboxylic acids is 1. The number of quaternary nitrogens is 1. The summed E-state index contributed by atoms with van der Waals surface area (Å²) in [5.41, 5.74) is 1.20. The highest BCUT2D eigenvalue weighted by molar-refractivity contribution is 7.99. The number of hydrogen-bond acceptors (Lipinski definition) is 4. The van der Waals surface area contributed by atoms with E-state index in [2.05, 4.69) is 67.1 Å². The summed E-state index contributed by atoms with van der Waals surface area (Å²) in [6, 6.07) is 10.6. The van der Waals surface area contributed by atoms with Gasteiger partial charge >= 0.3 is 0 Å². The van der Waals surface area contributed by atoms with Crippen LogP contribution in [0.2, 0.25) is 0 Å². The second-order valence-corrected chi connectivity index (χ2v) is 8.71. The van der Waals surface area contributed by atoms with Gasteiger partial charge in [0.15, 0.2) is 11.0 Å². The lowest BCUT2D eigenvalue weighted by atomic mass is 10.1. The molecule has 0 fully saturated rings. The molecule has 6 nitrogen and oxygen atoms in total. The Morgan fingerprint density at radius 2 is 1.93 bits per heavy atom. The Morgan fingerprint density at radius 1 is 1.21 bits per heavy atom. The van der Waals surface area contributed by atoms with Crippen LogP contribution >= 0.6 is 11.8 Å². The Bertz CT molecular complexity index is 730. The molecule has 28 heavy (non-hydrogen) atoms. The van der Waals surface area contributed by atoms with Crippen LogP contribution in [0.4, 0.5) is 0 Å². The van der Waals surface area contributed by atoms with Gasteiger partial charge in [-0.15, -0.1) is 10.2 Å². The normalized spacial score (nSPS) is 12.5. The summed E-state index contributed by atoms with van der Waals surface area (Å²) in [4.78, 5) is 13.5.